The first-order valence-electron chi connectivity index (χ1n) is 4.91. The van der Waals surface area contributed by atoms with Gasteiger partial charge in [-0.25, -0.2) is 9.18 Å². The second-order valence-electron chi connectivity index (χ2n) is 3.76. The number of ether oxygens (including phenoxy) is 1. The molecule has 2 rings (SSSR count). The summed E-state index contributed by atoms with van der Waals surface area (Å²) in [4.78, 5) is 12.6. The van der Waals surface area contributed by atoms with Gasteiger partial charge in [0.05, 0.1) is 12.2 Å². The number of carboxylic acid groups (broad SMARTS) is 1. The number of benzene rings is 1. The second kappa shape index (κ2) is 4.00. The van der Waals surface area contributed by atoms with E-state index in [1.807, 2.05) is 0 Å². The van der Waals surface area contributed by atoms with E-state index in [0.29, 0.717) is 11.3 Å². The van der Waals surface area contributed by atoms with Gasteiger partial charge in [0.15, 0.2) is 0 Å². The summed E-state index contributed by atoms with van der Waals surface area (Å²) in [7, 11) is 1.76. The zero-order valence-corrected chi connectivity index (χ0v) is 8.81. The molecule has 1 N–H and O–H groups in total. The van der Waals surface area contributed by atoms with E-state index >= 15 is 0 Å². The van der Waals surface area contributed by atoms with Crippen LogP contribution in [0.25, 0.3) is 0 Å². The normalized spacial score (nSPS) is 18.9. The Morgan fingerprint density at radius 3 is 3.06 bits per heavy atom. The summed E-state index contributed by atoms with van der Waals surface area (Å²) in [6.45, 7) is -0.276. The summed E-state index contributed by atoms with van der Waals surface area (Å²) in [6.07, 6.45) is -0.867. The lowest BCUT2D eigenvalue weighted by molar-refractivity contribution is -0.144. The largest absolute Gasteiger partial charge is 0.478 e. The van der Waals surface area contributed by atoms with Gasteiger partial charge < -0.3 is 14.7 Å². The van der Waals surface area contributed by atoms with Gasteiger partial charge in [-0.1, -0.05) is 6.07 Å². The molecule has 1 aliphatic heterocycles. The van der Waals surface area contributed by atoms with E-state index in [9.17, 15) is 9.18 Å². The summed E-state index contributed by atoms with van der Waals surface area (Å²) in [6, 6.07) is 4.88. The summed E-state index contributed by atoms with van der Waals surface area (Å²) in [5.74, 6) is -0.509. The molecule has 1 aliphatic rings. The number of fused-ring (bicyclic) bond motifs is 1. The van der Waals surface area contributed by atoms with Crippen molar-refractivity contribution in [3.8, 4) is 5.75 Å². The molecule has 0 aromatic heterocycles. The predicted octanol–water partition coefficient (Wildman–Crippen LogP) is 1.44. The van der Waals surface area contributed by atoms with Crippen molar-refractivity contribution >= 4 is 11.7 Å². The minimum Gasteiger partial charge on any atom is -0.478 e. The van der Waals surface area contributed by atoms with Crippen molar-refractivity contribution in [2.75, 3.05) is 18.5 Å². The topological polar surface area (TPSA) is 49.8 Å². The Labute approximate surface area is 92.2 Å². The highest BCUT2D eigenvalue weighted by atomic mass is 19.1. The molecule has 1 aromatic rings. The monoisotopic (exact) mass is 225 g/mol. The van der Waals surface area contributed by atoms with Gasteiger partial charge in [-0.3, -0.25) is 0 Å². The fourth-order valence-corrected chi connectivity index (χ4v) is 1.71. The van der Waals surface area contributed by atoms with Crippen molar-refractivity contribution in [1.82, 2.24) is 0 Å². The smallest absolute Gasteiger partial charge is 0.346 e. The SMILES string of the molecule is CN1CC(C(=O)O)Oc2ccc(CF)cc21. The maximum Gasteiger partial charge on any atom is 0.346 e. The molecule has 0 saturated carbocycles. The molecule has 4 nitrogen and oxygen atoms in total. The van der Waals surface area contributed by atoms with Crippen LogP contribution < -0.4 is 9.64 Å². The van der Waals surface area contributed by atoms with Crippen LogP contribution in [0.4, 0.5) is 10.1 Å². The van der Waals surface area contributed by atoms with Crippen molar-refractivity contribution in [2.24, 2.45) is 0 Å². The summed E-state index contributed by atoms with van der Waals surface area (Å²) < 4.78 is 17.8. The van der Waals surface area contributed by atoms with E-state index < -0.39 is 18.7 Å². The molecule has 1 unspecified atom stereocenters. The number of hydrogen-bond acceptors (Lipinski definition) is 3. The number of likely N-dealkylation sites (N-methyl/N-ethyl adjacent to an activating group) is 1. The first-order valence-corrected chi connectivity index (χ1v) is 4.91. The Morgan fingerprint density at radius 1 is 1.69 bits per heavy atom. The highest BCUT2D eigenvalue weighted by Gasteiger charge is 2.28. The van der Waals surface area contributed by atoms with Crippen molar-refractivity contribution in [1.29, 1.82) is 0 Å². The lowest BCUT2D eigenvalue weighted by atomic mass is 10.1. The van der Waals surface area contributed by atoms with E-state index in [4.69, 9.17) is 9.84 Å². The molecule has 5 heteroatoms. The van der Waals surface area contributed by atoms with Crippen LogP contribution in [0.1, 0.15) is 5.56 Å². The van der Waals surface area contributed by atoms with Crippen molar-refractivity contribution in [2.45, 2.75) is 12.8 Å². The second-order valence-corrected chi connectivity index (χ2v) is 3.76. The Morgan fingerprint density at radius 2 is 2.44 bits per heavy atom. The molecule has 0 amide bonds. The van der Waals surface area contributed by atoms with Crippen LogP contribution in [-0.4, -0.2) is 30.8 Å². The average Bonchev–Trinajstić information content (AvgIpc) is 2.28. The van der Waals surface area contributed by atoms with Gasteiger partial charge in [0.25, 0.3) is 0 Å². The first-order chi connectivity index (χ1) is 7.61. The first kappa shape index (κ1) is 10.7. The molecule has 0 aliphatic carbocycles. The van der Waals surface area contributed by atoms with Crippen LogP contribution in [0.15, 0.2) is 18.2 Å². The standard InChI is InChI=1S/C11H12FNO3/c1-13-6-10(11(14)15)16-9-3-2-7(5-12)4-8(9)13/h2-4,10H,5-6H2,1H3,(H,14,15). The highest BCUT2D eigenvalue weighted by Crippen LogP contribution is 2.33. The number of nitrogens with zero attached hydrogens (tertiary/aromatic N) is 1. The Hall–Kier alpha value is -1.78. The van der Waals surface area contributed by atoms with Crippen molar-refractivity contribution < 1.29 is 19.0 Å². The number of halogens is 1. The highest BCUT2D eigenvalue weighted by molar-refractivity contribution is 5.76. The van der Waals surface area contributed by atoms with Crippen LogP contribution in [-0.2, 0) is 11.5 Å². The van der Waals surface area contributed by atoms with E-state index in [1.165, 1.54) is 0 Å². The Kier molecular flexibility index (Phi) is 2.68. The molecule has 0 radical (unpaired) electrons. The number of alkyl halides is 1. The number of anilines is 1. The third kappa shape index (κ3) is 1.80. The minimum absolute atomic E-state index is 0.262. The van der Waals surface area contributed by atoms with E-state index in [0.717, 1.165) is 5.69 Å². The number of hydrogen-bond donors (Lipinski definition) is 1. The van der Waals surface area contributed by atoms with Gasteiger partial charge in [-0.2, -0.15) is 0 Å². The number of aliphatic carboxylic acids is 1. The number of rotatable bonds is 2. The zero-order valence-electron chi connectivity index (χ0n) is 8.81. The molecule has 1 aromatic carbocycles. The van der Waals surface area contributed by atoms with Crippen LogP contribution in [0.3, 0.4) is 0 Å². The zero-order chi connectivity index (χ0) is 11.7. The average molecular weight is 225 g/mol. The molecule has 86 valence electrons. The number of carbonyl (C=O) groups is 1. The van der Waals surface area contributed by atoms with E-state index in [-0.39, 0.29) is 6.54 Å². The number of carboxylic acids is 1. The predicted molar refractivity (Wildman–Crippen MR) is 56.6 cm³/mol. The molecule has 0 bridgehead atoms. The Balaban J connectivity index is 2.34. The summed E-state index contributed by atoms with van der Waals surface area (Å²) in [5, 5.41) is 8.87. The summed E-state index contributed by atoms with van der Waals surface area (Å²) in [5.41, 5.74) is 1.29. The van der Waals surface area contributed by atoms with Gasteiger partial charge in [0, 0.05) is 7.05 Å². The molecule has 0 fully saturated rings. The fraction of sp³-hybridized carbons (Fsp3) is 0.364. The third-order valence-corrected chi connectivity index (χ3v) is 2.57. The van der Waals surface area contributed by atoms with Gasteiger partial charge in [0.2, 0.25) is 6.10 Å². The molecule has 1 atom stereocenters. The van der Waals surface area contributed by atoms with Gasteiger partial charge in [-0.15, -0.1) is 0 Å². The molecule has 1 heterocycles. The molecule has 0 saturated heterocycles. The maximum absolute atomic E-state index is 12.5. The lowest BCUT2D eigenvalue weighted by Gasteiger charge is -2.31. The van der Waals surface area contributed by atoms with Gasteiger partial charge >= 0.3 is 5.97 Å². The van der Waals surface area contributed by atoms with E-state index in [1.54, 1.807) is 30.1 Å². The van der Waals surface area contributed by atoms with Crippen LogP contribution >= 0.6 is 0 Å². The third-order valence-electron chi connectivity index (χ3n) is 2.57. The van der Waals surface area contributed by atoms with Gasteiger partial charge in [-0.05, 0) is 17.7 Å². The fourth-order valence-electron chi connectivity index (χ4n) is 1.71. The maximum atomic E-state index is 12.5. The molecule has 16 heavy (non-hydrogen) atoms. The molecular weight excluding hydrogens is 213 g/mol. The minimum atomic E-state index is -0.993. The van der Waals surface area contributed by atoms with Crippen molar-refractivity contribution in [3.05, 3.63) is 23.8 Å². The van der Waals surface area contributed by atoms with Crippen molar-refractivity contribution in [3.63, 3.8) is 0 Å². The lowest BCUT2D eigenvalue weighted by Crippen LogP contribution is -2.42. The van der Waals surface area contributed by atoms with Crippen LogP contribution in [0.5, 0.6) is 5.75 Å². The quantitative estimate of drug-likeness (QED) is 0.827. The molecule has 0 spiro atoms. The molecular formula is C11H12FNO3. The van der Waals surface area contributed by atoms with Crippen LogP contribution in [0, 0.1) is 0 Å². The van der Waals surface area contributed by atoms with E-state index in [2.05, 4.69) is 0 Å². The summed E-state index contributed by atoms with van der Waals surface area (Å²) >= 11 is 0. The van der Waals surface area contributed by atoms with Gasteiger partial charge in [0.1, 0.15) is 12.4 Å². The van der Waals surface area contributed by atoms with Crippen LogP contribution in [0.2, 0.25) is 0 Å². The Bertz CT molecular complexity index is 422.